The molecule has 1 aliphatic heterocycles. The van der Waals surface area contributed by atoms with Gasteiger partial charge in [-0.3, -0.25) is 0 Å². The first-order valence-electron chi connectivity index (χ1n) is 7.45. The van der Waals surface area contributed by atoms with Gasteiger partial charge in [-0.2, -0.15) is 0 Å². The average Bonchev–Trinajstić information content (AvgIpc) is 3.16. The minimum Gasteiger partial charge on any atom is -0.356 e. The van der Waals surface area contributed by atoms with Crippen molar-refractivity contribution in [3.05, 3.63) is 35.5 Å². The van der Waals surface area contributed by atoms with Gasteiger partial charge in [-0.05, 0) is 18.9 Å². The lowest BCUT2D eigenvalue weighted by atomic mass is 9.96. The van der Waals surface area contributed by atoms with Crippen molar-refractivity contribution < 1.29 is 0 Å². The number of anilines is 1. The fourth-order valence-electron chi connectivity index (χ4n) is 3.17. The number of piperidine rings is 1. The van der Waals surface area contributed by atoms with Gasteiger partial charge in [0.1, 0.15) is 23.6 Å². The van der Waals surface area contributed by atoms with Gasteiger partial charge in [0.2, 0.25) is 0 Å². The van der Waals surface area contributed by atoms with Crippen molar-refractivity contribution in [3.63, 3.8) is 0 Å². The molecule has 7 heteroatoms. The summed E-state index contributed by atoms with van der Waals surface area (Å²) in [7, 11) is 2.00. The molecule has 0 radical (unpaired) electrons. The molecule has 0 aromatic carbocycles. The van der Waals surface area contributed by atoms with Gasteiger partial charge in [0.05, 0.1) is 5.02 Å². The zero-order valence-electron chi connectivity index (χ0n) is 12.3. The van der Waals surface area contributed by atoms with E-state index in [1.807, 2.05) is 29.9 Å². The predicted octanol–water partition coefficient (Wildman–Crippen LogP) is 2.73. The molecule has 1 aliphatic rings. The van der Waals surface area contributed by atoms with Crippen LogP contribution in [0.4, 0.5) is 5.82 Å². The van der Waals surface area contributed by atoms with E-state index in [4.69, 9.17) is 11.6 Å². The first-order chi connectivity index (χ1) is 10.7. The smallest absolute Gasteiger partial charge is 0.141 e. The van der Waals surface area contributed by atoms with E-state index in [2.05, 4.69) is 25.1 Å². The molecule has 0 atom stereocenters. The van der Waals surface area contributed by atoms with E-state index in [0.717, 1.165) is 53.6 Å². The number of nitrogens with one attached hydrogen (secondary N) is 1. The van der Waals surface area contributed by atoms with Gasteiger partial charge < -0.3 is 14.5 Å². The summed E-state index contributed by atoms with van der Waals surface area (Å²) < 4.78 is 2.01. The van der Waals surface area contributed by atoms with Crippen LogP contribution in [0.3, 0.4) is 0 Å². The Morgan fingerprint density at radius 3 is 2.86 bits per heavy atom. The van der Waals surface area contributed by atoms with Crippen molar-refractivity contribution in [1.82, 2.24) is 24.7 Å². The lowest BCUT2D eigenvalue weighted by molar-refractivity contribution is 0.472. The molecule has 0 saturated carbocycles. The first kappa shape index (κ1) is 13.6. The maximum Gasteiger partial charge on any atom is 0.141 e. The third-order valence-corrected chi connectivity index (χ3v) is 4.71. The van der Waals surface area contributed by atoms with Crippen LogP contribution in [0.15, 0.2) is 24.7 Å². The van der Waals surface area contributed by atoms with Crippen molar-refractivity contribution >= 4 is 28.5 Å². The number of fused-ring (bicyclic) bond motifs is 1. The number of hydrogen-bond acceptors (Lipinski definition) is 4. The summed E-state index contributed by atoms with van der Waals surface area (Å²) in [5, 5.41) is 9.94. The molecular weight excluding hydrogens is 300 g/mol. The molecule has 0 spiro atoms. The molecule has 114 valence electrons. The van der Waals surface area contributed by atoms with E-state index in [1.165, 1.54) is 0 Å². The number of aromatic amines is 1. The maximum absolute atomic E-state index is 6.35. The number of halogens is 1. The fourth-order valence-corrected chi connectivity index (χ4v) is 3.42. The van der Waals surface area contributed by atoms with Crippen LogP contribution >= 0.6 is 11.6 Å². The molecule has 1 saturated heterocycles. The zero-order chi connectivity index (χ0) is 15.1. The molecule has 22 heavy (non-hydrogen) atoms. The standard InChI is InChI=1S/C15H17ClN6/c1-21-9-18-20-15(21)10-3-6-22(7-4-10)13-8-12(16)11-2-5-17-14(11)19-13/h2,5,8-10H,3-4,6-7H2,1H3,(H,17,19). The Hall–Kier alpha value is -2.08. The summed E-state index contributed by atoms with van der Waals surface area (Å²) in [6.07, 6.45) is 5.74. The van der Waals surface area contributed by atoms with Crippen LogP contribution in [-0.4, -0.2) is 37.8 Å². The Bertz CT molecular complexity index is 799. The van der Waals surface area contributed by atoms with Gasteiger partial charge in [0.15, 0.2) is 0 Å². The van der Waals surface area contributed by atoms with Gasteiger partial charge in [0, 0.05) is 43.7 Å². The van der Waals surface area contributed by atoms with Gasteiger partial charge in [-0.1, -0.05) is 11.6 Å². The van der Waals surface area contributed by atoms with Crippen molar-refractivity contribution in [2.45, 2.75) is 18.8 Å². The van der Waals surface area contributed by atoms with Crippen LogP contribution in [0, 0.1) is 0 Å². The molecule has 0 bridgehead atoms. The second kappa shape index (κ2) is 5.28. The highest BCUT2D eigenvalue weighted by Gasteiger charge is 2.25. The quantitative estimate of drug-likeness (QED) is 0.789. The van der Waals surface area contributed by atoms with Crippen LogP contribution in [0.25, 0.3) is 11.0 Å². The van der Waals surface area contributed by atoms with E-state index in [9.17, 15) is 0 Å². The molecule has 6 nitrogen and oxygen atoms in total. The molecule has 4 heterocycles. The van der Waals surface area contributed by atoms with Crippen LogP contribution in [0.2, 0.25) is 5.02 Å². The van der Waals surface area contributed by atoms with E-state index < -0.39 is 0 Å². The molecule has 1 fully saturated rings. The number of aromatic nitrogens is 5. The molecule has 3 aromatic rings. The Morgan fingerprint density at radius 2 is 2.14 bits per heavy atom. The molecule has 1 N–H and O–H groups in total. The van der Waals surface area contributed by atoms with Gasteiger partial charge in [0.25, 0.3) is 0 Å². The van der Waals surface area contributed by atoms with E-state index in [0.29, 0.717) is 5.92 Å². The normalized spacial score (nSPS) is 16.5. The summed E-state index contributed by atoms with van der Waals surface area (Å²) in [5.74, 6) is 2.48. The van der Waals surface area contributed by atoms with Gasteiger partial charge in [-0.25, -0.2) is 4.98 Å². The monoisotopic (exact) mass is 316 g/mol. The summed E-state index contributed by atoms with van der Waals surface area (Å²) in [5.41, 5.74) is 0.845. The molecular formula is C15H17ClN6. The number of pyridine rings is 1. The third-order valence-electron chi connectivity index (χ3n) is 4.40. The molecule has 0 amide bonds. The molecule has 0 aliphatic carbocycles. The minimum absolute atomic E-state index is 0.466. The first-order valence-corrected chi connectivity index (χ1v) is 7.82. The van der Waals surface area contributed by atoms with Crippen molar-refractivity contribution in [2.75, 3.05) is 18.0 Å². The number of rotatable bonds is 2. The highest BCUT2D eigenvalue weighted by Crippen LogP contribution is 2.31. The van der Waals surface area contributed by atoms with E-state index >= 15 is 0 Å². The minimum atomic E-state index is 0.466. The highest BCUT2D eigenvalue weighted by atomic mass is 35.5. The van der Waals surface area contributed by atoms with Crippen LogP contribution in [0.5, 0.6) is 0 Å². The zero-order valence-corrected chi connectivity index (χ0v) is 13.1. The maximum atomic E-state index is 6.35. The summed E-state index contributed by atoms with van der Waals surface area (Å²) >= 11 is 6.35. The topological polar surface area (TPSA) is 62.6 Å². The van der Waals surface area contributed by atoms with E-state index in [1.54, 1.807) is 6.33 Å². The summed E-state index contributed by atoms with van der Waals surface area (Å²) in [6.45, 7) is 1.90. The van der Waals surface area contributed by atoms with Crippen molar-refractivity contribution in [3.8, 4) is 0 Å². The van der Waals surface area contributed by atoms with Gasteiger partial charge in [-0.15, -0.1) is 10.2 Å². The van der Waals surface area contributed by atoms with Crippen LogP contribution < -0.4 is 4.90 Å². The number of hydrogen-bond donors (Lipinski definition) is 1. The fraction of sp³-hybridized carbons (Fsp3) is 0.400. The Kier molecular flexibility index (Phi) is 3.26. The van der Waals surface area contributed by atoms with Crippen molar-refractivity contribution in [1.29, 1.82) is 0 Å². The molecule has 0 unspecified atom stereocenters. The third kappa shape index (κ3) is 2.23. The van der Waals surface area contributed by atoms with Crippen LogP contribution in [-0.2, 0) is 7.05 Å². The average molecular weight is 317 g/mol. The van der Waals surface area contributed by atoms with Crippen LogP contribution in [0.1, 0.15) is 24.6 Å². The lowest BCUT2D eigenvalue weighted by Gasteiger charge is -2.32. The number of H-pyrrole nitrogens is 1. The van der Waals surface area contributed by atoms with Gasteiger partial charge >= 0.3 is 0 Å². The SMILES string of the molecule is Cn1cnnc1C1CCN(c2cc(Cl)c3cc[nH]c3n2)CC1. The Balaban J connectivity index is 1.54. The van der Waals surface area contributed by atoms with Crippen molar-refractivity contribution in [2.24, 2.45) is 7.05 Å². The Morgan fingerprint density at radius 1 is 1.32 bits per heavy atom. The molecule has 4 rings (SSSR count). The Labute approximate surface area is 133 Å². The second-order valence-electron chi connectivity index (χ2n) is 5.76. The lowest BCUT2D eigenvalue weighted by Crippen LogP contribution is -2.34. The summed E-state index contributed by atoms with van der Waals surface area (Å²) in [4.78, 5) is 10.1. The summed E-state index contributed by atoms with van der Waals surface area (Å²) in [6, 6.07) is 3.91. The molecule has 3 aromatic heterocycles. The largest absolute Gasteiger partial charge is 0.356 e. The number of aryl methyl sites for hydroxylation is 1. The van der Waals surface area contributed by atoms with E-state index in [-0.39, 0.29) is 0 Å². The predicted molar refractivity (Wildman–Crippen MR) is 86.3 cm³/mol. The highest BCUT2D eigenvalue weighted by molar-refractivity contribution is 6.35. The second-order valence-corrected chi connectivity index (χ2v) is 6.17. The number of nitrogens with zero attached hydrogens (tertiary/aromatic N) is 5.